The summed E-state index contributed by atoms with van der Waals surface area (Å²) in [6.45, 7) is 2.22. The molecule has 28 heavy (non-hydrogen) atoms. The van der Waals surface area contributed by atoms with Gasteiger partial charge in [-0.05, 0) is 30.7 Å². The maximum Gasteiger partial charge on any atom is 0.417 e. The maximum absolute atomic E-state index is 13.3. The fraction of sp³-hybridized carbons (Fsp3) is 0.211. The highest BCUT2D eigenvalue weighted by Crippen LogP contribution is 2.39. The molecule has 3 rings (SSSR count). The van der Waals surface area contributed by atoms with Gasteiger partial charge in [0.25, 0.3) is 0 Å². The van der Waals surface area contributed by atoms with E-state index in [2.05, 4.69) is 10.3 Å². The lowest BCUT2D eigenvalue weighted by Gasteiger charge is -2.09. The van der Waals surface area contributed by atoms with Crippen LogP contribution in [-0.2, 0) is 16.0 Å². The number of halogens is 3. The molecule has 0 unspecified atom stereocenters. The fourth-order valence-electron chi connectivity index (χ4n) is 2.58. The highest BCUT2D eigenvalue weighted by Gasteiger charge is 2.36. The van der Waals surface area contributed by atoms with Gasteiger partial charge in [0.15, 0.2) is 0 Å². The fourth-order valence-corrected chi connectivity index (χ4v) is 3.88. The zero-order valence-electron chi connectivity index (χ0n) is 14.8. The highest BCUT2D eigenvalue weighted by molar-refractivity contribution is 7.91. The largest absolute Gasteiger partial charge is 0.419 e. The van der Waals surface area contributed by atoms with Gasteiger partial charge in [-0.15, -0.1) is 0 Å². The van der Waals surface area contributed by atoms with Crippen molar-refractivity contribution in [3.05, 3.63) is 60.2 Å². The summed E-state index contributed by atoms with van der Waals surface area (Å²) < 4.78 is 71.4. The van der Waals surface area contributed by atoms with Crippen molar-refractivity contribution in [3.8, 4) is 11.5 Å². The maximum atomic E-state index is 13.3. The van der Waals surface area contributed by atoms with Crippen LogP contribution in [0.2, 0.25) is 0 Å². The van der Waals surface area contributed by atoms with Gasteiger partial charge >= 0.3 is 6.18 Å². The molecule has 0 bridgehead atoms. The summed E-state index contributed by atoms with van der Waals surface area (Å²) in [6, 6.07) is 12.3. The zero-order chi connectivity index (χ0) is 20.4. The normalized spacial score (nSPS) is 12.1. The molecule has 0 saturated heterocycles. The van der Waals surface area contributed by atoms with Crippen LogP contribution in [0.1, 0.15) is 18.9 Å². The molecule has 1 N–H and O–H groups in total. The molecule has 0 amide bonds. The number of alkyl halides is 3. The van der Waals surface area contributed by atoms with Crippen LogP contribution < -0.4 is 5.32 Å². The third-order valence-corrected chi connectivity index (χ3v) is 5.58. The Morgan fingerprint density at radius 2 is 1.68 bits per heavy atom. The lowest BCUT2D eigenvalue weighted by molar-refractivity contribution is -0.137. The summed E-state index contributed by atoms with van der Waals surface area (Å²) >= 11 is 0. The molecule has 1 heterocycles. The molecule has 0 atom stereocenters. The van der Waals surface area contributed by atoms with E-state index in [4.69, 9.17) is 4.42 Å². The average molecular weight is 410 g/mol. The molecule has 2 aromatic carbocycles. The first-order valence-corrected chi connectivity index (χ1v) is 9.95. The Bertz CT molecular complexity index is 1060. The quantitative estimate of drug-likeness (QED) is 0.618. The standard InChI is InChI=1S/C19H17F3N2O3S/c1-2-12-23-17-18(28(25,26)13-8-4-3-5-9-13)24-16(27-17)14-10-6-7-11-15(14)19(20,21)22/h3-11,23H,2,12H2,1H3. The van der Waals surface area contributed by atoms with E-state index >= 15 is 0 Å². The molecule has 0 saturated carbocycles. The molecule has 0 aliphatic rings. The summed E-state index contributed by atoms with van der Waals surface area (Å²) in [4.78, 5) is 3.91. The predicted octanol–water partition coefficient (Wildman–Crippen LogP) is 5.02. The Morgan fingerprint density at radius 3 is 2.32 bits per heavy atom. The summed E-state index contributed by atoms with van der Waals surface area (Å²) in [5.41, 5.74) is -1.29. The second-order valence-electron chi connectivity index (χ2n) is 5.94. The van der Waals surface area contributed by atoms with Gasteiger partial charge in [0, 0.05) is 12.1 Å². The molecule has 148 valence electrons. The molecular formula is C19H17F3N2O3S. The minimum atomic E-state index is -4.64. The molecule has 9 heteroatoms. The smallest absolute Gasteiger partial charge is 0.417 e. The van der Waals surface area contributed by atoms with E-state index in [1.54, 1.807) is 18.2 Å². The second kappa shape index (κ2) is 7.67. The number of nitrogens with zero attached hydrogens (tertiary/aromatic N) is 1. The third kappa shape index (κ3) is 3.89. The molecule has 1 aromatic heterocycles. The number of hydrogen-bond donors (Lipinski definition) is 1. The molecular weight excluding hydrogens is 393 g/mol. The van der Waals surface area contributed by atoms with Crippen molar-refractivity contribution in [1.29, 1.82) is 0 Å². The minimum absolute atomic E-state index is 0.0292. The van der Waals surface area contributed by atoms with Crippen molar-refractivity contribution in [2.45, 2.75) is 29.4 Å². The number of sulfone groups is 1. The van der Waals surface area contributed by atoms with Crippen molar-refractivity contribution in [2.24, 2.45) is 0 Å². The van der Waals surface area contributed by atoms with Crippen LogP contribution in [0.15, 0.2) is 68.9 Å². The lowest BCUT2D eigenvalue weighted by Crippen LogP contribution is -2.08. The molecule has 0 spiro atoms. The van der Waals surface area contributed by atoms with Crippen molar-refractivity contribution in [1.82, 2.24) is 4.98 Å². The van der Waals surface area contributed by atoms with E-state index in [1.165, 1.54) is 30.3 Å². The number of anilines is 1. The van der Waals surface area contributed by atoms with Gasteiger partial charge in [-0.2, -0.15) is 18.2 Å². The minimum Gasteiger partial charge on any atom is -0.419 e. The van der Waals surface area contributed by atoms with Gasteiger partial charge in [0.1, 0.15) is 0 Å². The predicted molar refractivity (Wildman–Crippen MR) is 97.6 cm³/mol. The van der Waals surface area contributed by atoms with Crippen molar-refractivity contribution in [3.63, 3.8) is 0 Å². The van der Waals surface area contributed by atoms with Gasteiger partial charge in [-0.3, -0.25) is 0 Å². The highest BCUT2D eigenvalue weighted by atomic mass is 32.2. The third-order valence-electron chi connectivity index (χ3n) is 3.90. The molecule has 0 aliphatic heterocycles. The van der Waals surface area contributed by atoms with Crippen molar-refractivity contribution < 1.29 is 26.0 Å². The number of nitrogens with one attached hydrogen (secondary N) is 1. The van der Waals surface area contributed by atoms with Crippen LogP contribution >= 0.6 is 0 Å². The SMILES string of the molecule is CCCNc1oc(-c2ccccc2C(F)(F)F)nc1S(=O)(=O)c1ccccc1. The first-order valence-electron chi connectivity index (χ1n) is 8.46. The monoisotopic (exact) mass is 410 g/mol. The van der Waals surface area contributed by atoms with Crippen LogP contribution in [0.25, 0.3) is 11.5 Å². The van der Waals surface area contributed by atoms with Crippen LogP contribution in [0, 0.1) is 0 Å². The molecule has 0 fully saturated rings. The Labute approximate surface area is 160 Å². The second-order valence-corrected chi connectivity index (χ2v) is 7.80. The van der Waals surface area contributed by atoms with E-state index in [0.29, 0.717) is 13.0 Å². The summed E-state index contributed by atoms with van der Waals surface area (Å²) in [7, 11) is -4.08. The van der Waals surface area contributed by atoms with Gasteiger partial charge < -0.3 is 9.73 Å². The Hall–Kier alpha value is -2.81. The van der Waals surface area contributed by atoms with E-state index < -0.39 is 32.5 Å². The summed E-state index contributed by atoms with van der Waals surface area (Å²) in [5.74, 6) is -0.598. The molecule has 3 aromatic rings. The number of benzene rings is 2. The van der Waals surface area contributed by atoms with Gasteiger partial charge in [0.05, 0.1) is 10.5 Å². The number of hydrogen-bond acceptors (Lipinski definition) is 5. The van der Waals surface area contributed by atoms with Gasteiger partial charge in [-0.25, -0.2) is 8.42 Å². The molecule has 0 aliphatic carbocycles. The number of rotatable bonds is 6. The average Bonchev–Trinajstić information content (AvgIpc) is 3.11. The van der Waals surface area contributed by atoms with Crippen LogP contribution in [0.4, 0.5) is 19.1 Å². The van der Waals surface area contributed by atoms with E-state index in [9.17, 15) is 21.6 Å². The lowest BCUT2D eigenvalue weighted by atomic mass is 10.1. The Balaban J connectivity index is 2.18. The van der Waals surface area contributed by atoms with E-state index in [-0.39, 0.29) is 16.3 Å². The van der Waals surface area contributed by atoms with Crippen molar-refractivity contribution in [2.75, 3.05) is 11.9 Å². The first kappa shape index (κ1) is 19.9. The Kier molecular flexibility index (Phi) is 5.46. The topological polar surface area (TPSA) is 72.2 Å². The van der Waals surface area contributed by atoms with Gasteiger partial charge in [0.2, 0.25) is 26.6 Å². The number of oxazole rings is 1. The molecule has 0 radical (unpaired) electrons. The summed E-state index contributed by atoms with van der Waals surface area (Å²) in [6.07, 6.45) is -3.99. The zero-order valence-corrected chi connectivity index (χ0v) is 15.6. The van der Waals surface area contributed by atoms with Crippen LogP contribution in [0.3, 0.4) is 0 Å². The van der Waals surface area contributed by atoms with Crippen LogP contribution in [-0.4, -0.2) is 19.9 Å². The van der Waals surface area contributed by atoms with Crippen molar-refractivity contribution >= 4 is 15.7 Å². The van der Waals surface area contributed by atoms with E-state index in [1.807, 2.05) is 6.92 Å². The first-order chi connectivity index (χ1) is 13.2. The summed E-state index contributed by atoms with van der Waals surface area (Å²) in [5, 5.41) is 2.35. The number of aromatic nitrogens is 1. The Morgan fingerprint density at radius 1 is 1.04 bits per heavy atom. The molecule has 5 nitrogen and oxygen atoms in total. The van der Waals surface area contributed by atoms with E-state index in [0.717, 1.165) is 6.07 Å². The van der Waals surface area contributed by atoms with Crippen LogP contribution in [0.5, 0.6) is 0 Å². The van der Waals surface area contributed by atoms with Gasteiger partial charge in [-0.1, -0.05) is 37.3 Å².